The lowest BCUT2D eigenvalue weighted by atomic mass is 9.98. The third-order valence-corrected chi connectivity index (χ3v) is 10.7. The van der Waals surface area contributed by atoms with Crippen LogP contribution in [0.1, 0.15) is 43.5 Å². The van der Waals surface area contributed by atoms with Crippen LogP contribution in [0.5, 0.6) is 11.5 Å². The molecular weight excluding hydrogens is 551 g/mol. The number of ether oxygens (including phenoxy) is 3. The molecule has 0 unspecified atom stereocenters. The Morgan fingerprint density at radius 3 is 2.28 bits per heavy atom. The summed E-state index contributed by atoms with van der Waals surface area (Å²) in [7, 11) is 0.383. The third kappa shape index (κ3) is 7.78. The summed E-state index contributed by atoms with van der Waals surface area (Å²) in [4.78, 5) is 38.3. The number of hydrogen-bond donors (Lipinski definition) is 3. The highest BCUT2D eigenvalue weighted by atomic mass is 35.6. The Morgan fingerprint density at radius 2 is 1.75 bits per heavy atom. The molecule has 204 valence electrons. The lowest BCUT2D eigenvalue weighted by Crippen LogP contribution is -2.43. The van der Waals surface area contributed by atoms with Crippen LogP contribution in [0.4, 0.5) is 10.5 Å². The normalized spacial score (nSPS) is 18.7. The number of methoxy groups -OCH3 is 2. The molecule has 0 saturated carbocycles. The predicted octanol–water partition coefficient (Wildman–Crippen LogP) is 4.96. The van der Waals surface area contributed by atoms with Gasteiger partial charge in [0.15, 0.2) is 19.8 Å². The number of nitrogens with zero attached hydrogens (tertiary/aromatic N) is 1. The molecular formula is C23H35Cl3N2O7Si. The second kappa shape index (κ2) is 12.0. The lowest BCUT2D eigenvalue weighted by molar-refractivity contribution is 0.0615. The number of aliphatic hydroxyl groups excluding tert-OH is 1. The maximum Gasteiger partial charge on any atom is 0.411 e. The van der Waals surface area contributed by atoms with Gasteiger partial charge in [-0.15, -0.1) is 0 Å². The van der Waals surface area contributed by atoms with Gasteiger partial charge in [0, 0.05) is 12.6 Å². The first-order valence-corrected chi connectivity index (χ1v) is 15.6. The van der Waals surface area contributed by atoms with Crippen LogP contribution in [0.25, 0.3) is 0 Å². The minimum atomic E-state index is -2.47. The molecule has 2 atom stereocenters. The van der Waals surface area contributed by atoms with Crippen LogP contribution >= 0.6 is 34.8 Å². The summed E-state index contributed by atoms with van der Waals surface area (Å²) < 4.78 is 13.8. The first-order chi connectivity index (χ1) is 16.5. The second-order valence-electron chi connectivity index (χ2n) is 9.97. The minimum Gasteiger partial charge on any atom is -0.493 e. The Bertz CT molecular complexity index is 951. The number of nitrogens with one attached hydrogen (secondary N) is 1. The average molecular weight is 586 g/mol. The number of likely N-dealkylation sites (tertiary alicyclic amines) is 1. The summed E-state index contributed by atoms with van der Waals surface area (Å²) in [6.07, 6.45) is -0.0816. The zero-order valence-corrected chi connectivity index (χ0v) is 24.6. The maximum atomic E-state index is 13.7. The molecule has 1 aliphatic rings. The highest BCUT2D eigenvalue weighted by molar-refractivity contribution is 6.72. The van der Waals surface area contributed by atoms with Gasteiger partial charge >= 0.3 is 6.09 Å². The van der Waals surface area contributed by atoms with Crippen molar-refractivity contribution in [1.29, 1.82) is 0 Å². The molecule has 1 aromatic carbocycles. The van der Waals surface area contributed by atoms with Crippen molar-refractivity contribution in [2.45, 2.75) is 67.2 Å². The molecule has 1 aliphatic heterocycles. The summed E-state index contributed by atoms with van der Waals surface area (Å²) in [5, 5.41) is 12.9. The van der Waals surface area contributed by atoms with Gasteiger partial charge in [-0.1, -0.05) is 48.7 Å². The molecule has 1 saturated heterocycles. The molecule has 1 aromatic rings. The highest BCUT2D eigenvalue weighted by Crippen LogP contribution is 2.42. The van der Waals surface area contributed by atoms with Crippen LogP contribution in [-0.4, -0.2) is 78.4 Å². The molecule has 2 rings (SSSR count). The monoisotopic (exact) mass is 584 g/mol. The Morgan fingerprint density at radius 1 is 1.17 bits per heavy atom. The van der Waals surface area contributed by atoms with E-state index >= 15 is 0 Å². The van der Waals surface area contributed by atoms with Crippen molar-refractivity contribution in [3.63, 3.8) is 0 Å². The van der Waals surface area contributed by atoms with E-state index in [1.54, 1.807) is 4.90 Å². The van der Waals surface area contributed by atoms with Crippen molar-refractivity contribution in [2.75, 3.05) is 32.7 Å². The van der Waals surface area contributed by atoms with Gasteiger partial charge in [-0.05, 0) is 43.5 Å². The van der Waals surface area contributed by atoms with E-state index in [1.807, 2.05) is 26.9 Å². The largest absolute Gasteiger partial charge is 0.493 e. The van der Waals surface area contributed by atoms with Crippen molar-refractivity contribution in [3.05, 3.63) is 17.7 Å². The van der Waals surface area contributed by atoms with Gasteiger partial charge in [-0.25, -0.2) is 4.79 Å². The molecule has 3 N–H and O–H groups in total. The van der Waals surface area contributed by atoms with E-state index in [0.717, 1.165) is 0 Å². The first-order valence-electron chi connectivity index (χ1n) is 11.5. The average Bonchev–Trinajstić information content (AvgIpc) is 3.14. The summed E-state index contributed by atoms with van der Waals surface area (Å²) in [5.41, 5.74) is 0.227. The highest BCUT2D eigenvalue weighted by Gasteiger charge is 2.42. The van der Waals surface area contributed by atoms with Crippen molar-refractivity contribution >= 4 is 60.8 Å². The molecule has 0 bridgehead atoms. The van der Waals surface area contributed by atoms with Crippen LogP contribution in [0.3, 0.4) is 0 Å². The fourth-order valence-corrected chi connectivity index (χ4v) is 4.78. The van der Waals surface area contributed by atoms with Crippen LogP contribution in [0.15, 0.2) is 12.1 Å². The molecule has 0 spiro atoms. The van der Waals surface area contributed by atoms with E-state index in [4.69, 9.17) is 49.0 Å². The fourth-order valence-electron chi connectivity index (χ4n) is 3.86. The van der Waals surface area contributed by atoms with Gasteiger partial charge in [0.1, 0.15) is 6.61 Å². The van der Waals surface area contributed by atoms with Crippen molar-refractivity contribution in [3.8, 4) is 11.5 Å². The fraction of sp³-hybridized carbons (Fsp3) is 0.652. The minimum absolute atomic E-state index is 0.108. The SMILES string of the molecule is COc1cc(NC(=O)OCC(Cl)(Cl)Cl)c(C(=O)N2CC[C@H](O)[C@H]2CCC(C)(C)[Si](C)(C)O)cc1OC. The topological polar surface area (TPSA) is 118 Å². The van der Waals surface area contributed by atoms with E-state index in [0.29, 0.717) is 25.8 Å². The van der Waals surface area contributed by atoms with Gasteiger partial charge < -0.3 is 29.0 Å². The second-order valence-corrected chi connectivity index (χ2v) is 17.0. The summed E-state index contributed by atoms with van der Waals surface area (Å²) in [5.74, 6) is 0.152. The standard InChI is InChI=1S/C23H35Cl3N2O7Si/c1-22(2,36(5,6)32)9-7-16-17(29)8-10-28(16)20(30)14-11-18(33-3)19(34-4)12-15(14)27-21(31)35-13-23(24,25)26/h11-12,16-17,29,32H,7-10,13H2,1-6H3,(H,27,31)/t16-,17+/m1/s1. The Labute approximate surface area is 228 Å². The molecule has 0 aliphatic carbocycles. The molecule has 9 nitrogen and oxygen atoms in total. The van der Waals surface area contributed by atoms with E-state index in [1.165, 1.54) is 26.4 Å². The molecule has 1 heterocycles. The number of carbonyl (C=O) groups is 2. The van der Waals surface area contributed by atoms with Crippen LogP contribution in [-0.2, 0) is 4.74 Å². The Balaban J connectivity index is 2.36. The molecule has 13 heteroatoms. The number of benzene rings is 1. The number of rotatable bonds is 9. The number of halogens is 3. The van der Waals surface area contributed by atoms with Gasteiger partial charge in [0.05, 0.1) is 37.6 Å². The van der Waals surface area contributed by atoms with E-state index in [-0.39, 0.29) is 27.8 Å². The summed E-state index contributed by atoms with van der Waals surface area (Å²) in [6.45, 7) is 7.60. The van der Waals surface area contributed by atoms with Gasteiger partial charge in [-0.2, -0.15) is 0 Å². The molecule has 1 fully saturated rings. The van der Waals surface area contributed by atoms with Crippen molar-refractivity contribution < 1.29 is 33.7 Å². The summed E-state index contributed by atoms with van der Waals surface area (Å²) >= 11 is 16.9. The molecule has 0 radical (unpaired) electrons. The predicted molar refractivity (Wildman–Crippen MR) is 143 cm³/mol. The van der Waals surface area contributed by atoms with Crippen LogP contribution in [0.2, 0.25) is 18.1 Å². The lowest BCUT2D eigenvalue weighted by Gasteiger charge is -2.37. The van der Waals surface area contributed by atoms with E-state index in [2.05, 4.69) is 5.32 Å². The first kappa shape index (κ1) is 30.8. The van der Waals surface area contributed by atoms with Gasteiger partial charge in [0.25, 0.3) is 5.91 Å². The number of amides is 2. The molecule has 2 amide bonds. The van der Waals surface area contributed by atoms with E-state index < -0.39 is 42.9 Å². The van der Waals surface area contributed by atoms with Crippen LogP contribution < -0.4 is 14.8 Å². The van der Waals surface area contributed by atoms with Gasteiger partial charge in [0.2, 0.25) is 3.79 Å². The zero-order valence-electron chi connectivity index (χ0n) is 21.4. The molecule has 36 heavy (non-hydrogen) atoms. The number of carbonyl (C=O) groups excluding carboxylic acids is 2. The Hall–Kier alpha value is -1.43. The molecule has 0 aromatic heterocycles. The number of hydrogen-bond acceptors (Lipinski definition) is 7. The quantitative estimate of drug-likeness (QED) is 0.277. The van der Waals surface area contributed by atoms with Crippen LogP contribution in [0, 0.1) is 0 Å². The Kier molecular flexibility index (Phi) is 10.2. The van der Waals surface area contributed by atoms with Gasteiger partial charge in [-0.3, -0.25) is 10.1 Å². The third-order valence-electron chi connectivity index (χ3n) is 6.85. The zero-order chi connectivity index (χ0) is 27.5. The summed E-state index contributed by atoms with van der Waals surface area (Å²) in [6, 6.07) is 2.44. The number of alkyl halides is 3. The number of anilines is 1. The maximum absolute atomic E-state index is 13.7. The van der Waals surface area contributed by atoms with E-state index in [9.17, 15) is 19.5 Å². The van der Waals surface area contributed by atoms with Crippen molar-refractivity contribution in [2.24, 2.45) is 0 Å². The smallest absolute Gasteiger partial charge is 0.411 e. The number of aliphatic hydroxyl groups is 1. The van der Waals surface area contributed by atoms with Crippen molar-refractivity contribution in [1.82, 2.24) is 4.90 Å².